The van der Waals surface area contributed by atoms with E-state index in [1.165, 1.54) is 6.07 Å². The quantitative estimate of drug-likeness (QED) is 0.681. The summed E-state index contributed by atoms with van der Waals surface area (Å²) in [7, 11) is 0. The lowest BCUT2D eigenvalue weighted by Gasteiger charge is -1.97. The molecule has 0 unspecified atom stereocenters. The molecule has 0 aliphatic heterocycles. The first kappa shape index (κ1) is 8.50. The molecule has 2 rings (SSSR count). The Morgan fingerprint density at radius 3 is 2.85 bits per heavy atom. The zero-order chi connectivity index (χ0) is 9.42. The van der Waals surface area contributed by atoms with Crippen molar-refractivity contribution < 1.29 is 8.78 Å². The molecule has 2 heterocycles. The predicted octanol–water partition coefficient (Wildman–Crippen LogP) is 2.79. The molecule has 0 saturated carbocycles. The minimum absolute atomic E-state index is 0.220. The molecule has 2 aromatic rings. The summed E-state index contributed by atoms with van der Waals surface area (Å²) in [6.07, 6.45) is -0.910. The number of alkyl halides is 2. The SMILES string of the molecule is FC(F)c1ccc2c(S)c[nH]c2n1. The van der Waals surface area contributed by atoms with E-state index >= 15 is 0 Å². The van der Waals surface area contributed by atoms with Gasteiger partial charge in [-0.05, 0) is 12.1 Å². The van der Waals surface area contributed by atoms with Crippen molar-refractivity contribution in [1.29, 1.82) is 0 Å². The van der Waals surface area contributed by atoms with E-state index in [1.807, 2.05) is 0 Å². The van der Waals surface area contributed by atoms with Crippen molar-refractivity contribution in [1.82, 2.24) is 9.97 Å². The monoisotopic (exact) mass is 200 g/mol. The van der Waals surface area contributed by atoms with E-state index in [-0.39, 0.29) is 5.69 Å². The average molecular weight is 200 g/mol. The molecule has 0 spiro atoms. The molecule has 68 valence electrons. The van der Waals surface area contributed by atoms with E-state index in [4.69, 9.17) is 0 Å². The highest BCUT2D eigenvalue weighted by molar-refractivity contribution is 7.80. The Morgan fingerprint density at radius 2 is 2.15 bits per heavy atom. The number of nitrogens with one attached hydrogen (secondary N) is 1. The van der Waals surface area contributed by atoms with Gasteiger partial charge in [-0.2, -0.15) is 0 Å². The topological polar surface area (TPSA) is 28.7 Å². The molecule has 1 N–H and O–H groups in total. The second kappa shape index (κ2) is 2.99. The van der Waals surface area contributed by atoms with Crippen LogP contribution in [-0.4, -0.2) is 9.97 Å². The first-order chi connectivity index (χ1) is 6.18. The van der Waals surface area contributed by atoms with Crippen LogP contribution in [-0.2, 0) is 0 Å². The summed E-state index contributed by atoms with van der Waals surface area (Å²) in [6, 6.07) is 2.89. The van der Waals surface area contributed by atoms with Gasteiger partial charge in [-0.1, -0.05) is 0 Å². The molecule has 0 atom stereocenters. The second-order valence-electron chi connectivity index (χ2n) is 2.61. The standard InChI is InChI=1S/C8H6F2N2S/c9-7(10)5-2-1-4-6(13)3-11-8(4)12-5/h1-3,7,13H,(H,11,12). The van der Waals surface area contributed by atoms with Gasteiger partial charge in [0.15, 0.2) is 0 Å². The van der Waals surface area contributed by atoms with Gasteiger partial charge in [0.05, 0.1) is 0 Å². The smallest absolute Gasteiger partial charge is 0.280 e. The predicted molar refractivity (Wildman–Crippen MR) is 48.3 cm³/mol. The van der Waals surface area contributed by atoms with Crippen molar-refractivity contribution in [2.75, 3.05) is 0 Å². The number of pyridine rings is 1. The number of aromatic amines is 1. The number of fused-ring (bicyclic) bond motifs is 1. The Labute approximate surface area is 78.4 Å². The molecule has 0 aromatic carbocycles. The highest BCUT2D eigenvalue weighted by Gasteiger charge is 2.10. The molecular weight excluding hydrogens is 194 g/mol. The summed E-state index contributed by atoms with van der Waals surface area (Å²) in [5.74, 6) is 0. The minimum atomic E-state index is -2.53. The maximum absolute atomic E-state index is 12.2. The molecule has 13 heavy (non-hydrogen) atoms. The maximum Gasteiger partial charge on any atom is 0.280 e. The highest BCUT2D eigenvalue weighted by atomic mass is 32.1. The van der Waals surface area contributed by atoms with E-state index in [2.05, 4.69) is 22.6 Å². The third-order valence-corrected chi connectivity index (χ3v) is 2.13. The van der Waals surface area contributed by atoms with Gasteiger partial charge in [0.2, 0.25) is 0 Å². The van der Waals surface area contributed by atoms with Crippen LogP contribution in [0.15, 0.2) is 23.2 Å². The normalized spacial score (nSPS) is 11.4. The maximum atomic E-state index is 12.2. The number of thiol groups is 1. The van der Waals surface area contributed by atoms with Gasteiger partial charge in [-0.25, -0.2) is 13.8 Å². The Balaban J connectivity index is 2.63. The third kappa shape index (κ3) is 1.39. The van der Waals surface area contributed by atoms with Crippen LogP contribution >= 0.6 is 12.6 Å². The second-order valence-corrected chi connectivity index (χ2v) is 3.09. The van der Waals surface area contributed by atoms with Crippen molar-refractivity contribution in [2.24, 2.45) is 0 Å². The first-order valence-electron chi connectivity index (χ1n) is 3.63. The Hall–Kier alpha value is -1.10. The summed E-state index contributed by atoms with van der Waals surface area (Å²) in [6.45, 7) is 0. The van der Waals surface area contributed by atoms with Crippen molar-refractivity contribution in [3.8, 4) is 0 Å². The number of hydrogen-bond donors (Lipinski definition) is 2. The van der Waals surface area contributed by atoms with Gasteiger partial charge in [-0.3, -0.25) is 0 Å². The third-order valence-electron chi connectivity index (χ3n) is 1.76. The van der Waals surface area contributed by atoms with Crippen LogP contribution in [0.25, 0.3) is 11.0 Å². The van der Waals surface area contributed by atoms with E-state index in [1.54, 1.807) is 12.3 Å². The molecule has 0 fully saturated rings. The molecule has 0 aliphatic rings. The largest absolute Gasteiger partial charge is 0.345 e. The number of aromatic nitrogens is 2. The summed E-state index contributed by atoms with van der Waals surface area (Å²) in [4.78, 5) is 7.21. The van der Waals surface area contributed by atoms with Gasteiger partial charge < -0.3 is 4.98 Å². The summed E-state index contributed by atoms with van der Waals surface area (Å²) in [5.41, 5.74) is 0.227. The van der Waals surface area contributed by atoms with Crippen LogP contribution < -0.4 is 0 Å². The molecule has 5 heteroatoms. The Morgan fingerprint density at radius 1 is 1.38 bits per heavy atom. The average Bonchev–Trinajstić information content (AvgIpc) is 2.47. The molecule has 0 saturated heterocycles. The van der Waals surface area contributed by atoms with Gasteiger partial charge >= 0.3 is 0 Å². The summed E-state index contributed by atoms with van der Waals surface area (Å²) < 4.78 is 24.4. The minimum Gasteiger partial charge on any atom is -0.345 e. The van der Waals surface area contributed by atoms with Crippen molar-refractivity contribution in [2.45, 2.75) is 11.3 Å². The van der Waals surface area contributed by atoms with Crippen LogP contribution in [0.2, 0.25) is 0 Å². The molecule has 0 aliphatic carbocycles. The molecule has 0 amide bonds. The fourth-order valence-corrected chi connectivity index (χ4v) is 1.37. The zero-order valence-corrected chi connectivity index (χ0v) is 7.35. The van der Waals surface area contributed by atoms with Gasteiger partial charge in [-0.15, -0.1) is 12.6 Å². The number of halogens is 2. The van der Waals surface area contributed by atoms with E-state index < -0.39 is 6.43 Å². The van der Waals surface area contributed by atoms with Crippen molar-refractivity contribution in [3.63, 3.8) is 0 Å². The van der Waals surface area contributed by atoms with E-state index in [0.29, 0.717) is 10.5 Å². The van der Waals surface area contributed by atoms with E-state index in [9.17, 15) is 8.78 Å². The van der Waals surface area contributed by atoms with Gasteiger partial charge in [0.25, 0.3) is 6.43 Å². The number of hydrogen-bond acceptors (Lipinski definition) is 2. The van der Waals surface area contributed by atoms with Crippen LogP contribution in [0.5, 0.6) is 0 Å². The van der Waals surface area contributed by atoms with Crippen LogP contribution in [0.1, 0.15) is 12.1 Å². The molecular formula is C8H6F2N2S. The van der Waals surface area contributed by atoms with Gasteiger partial charge in [0.1, 0.15) is 11.3 Å². The van der Waals surface area contributed by atoms with Crippen molar-refractivity contribution >= 4 is 23.7 Å². The summed E-state index contributed by atoms with van der Waals surface area (Å²) in [5, 5.41) is 0.757. The van der Waals surface area contributed by atoms with E-state index in [0.717, 1.165) is 5.39 Å². The number of H-pyrrole nitrogens is 1. The highest BCUT2D eigenvalue weighted by Crippen LogP contribution is 2.23. The first-order valence-corrected chi connectivity index (χ1v) is 4.08. The fourth-order valence-electron chi connectivity index (χ4n) is 1.13. The van der Waals surface area contributed by atoms with Crippen LogP contribution in [0, 0.1) is 0 Å². The number of nitrogens with zero attached hydrogens (tertiary/aromatic N) is 1. The lowest BCUT2D eigenvalue weighted by atomic mass is 10.3. The Bertz CT molecular complexity index is 439. The number of rotatable bonds is 1. The molecule has 2 nitrogen and oxygen atoms in total. The molecule has 0 radical (unpaired) electrons. The lowest BCUT2D eigenvalue weighted by molar-refractivity contribution is 0.146. The van der Waals surface area contributed by atoms with Gasteiger partial charge in [0, 0.05) is 16.5 Å². The van der Waals surface area contributed by atoms with Crippen LogP contribution in [0.3, 0.4) is 0 Å². The fraction of sp³-hybridized carbons (Fsp3) is 0.125. The van der Waals surface area contributed by atoms with Crippen molar-refractivity contribution in [3.05, 3.63) is 24.0 Å². The molecule has 2 aromatic heterocycles. The summed E-state index contributed by atoms with van der Waals surface area (Å²) >= 11 is 4.13. The Kier molecular flexibility index (Phi) is 1.95. The van der Waals surface area contributed by atoms with Crippen LogP contribution in [0.4, 0.5) is 8.78 Å². The lowest BCUT2D eigenvalue weighted by Crippen LogP contribution is -1.89. The zero-order valence-electron chi connectivity index (χ0n) is 6.46. The molecule has 0 bridgehead atoms.